The lowest BCUT2D eigenvalue weighted by Gasteiger charge is -2.00. The maximum atomic E-state index is 11.6. The molecule has 0 unspecified atom stereocenters. The van der Waals surface area contributed by atoms with Gasteiger partial charge in [-0.05, 0) is 25.1 Å². The second-order valence-corrected chi connectivity index (χ2v) is 3.98. The number of nitrogens with one attached hydrogen (secondary N) is 2. The van der Waals surface area contributed by atoms with Gasteiger partial charge in [-0.25, -0.2) is 9.97 Å². The summed E-state index contributed by atoms with van der Waals surface area (Å²) >= 11 is 0. The summed E-state index contributed by atoms with van der Waals surface area (Å²) < 4.78 is 5.14. The van der Waals surface area contributed by atoms with Gasteiger partial charge >= 0.3 is 6.01 Å². The molecule has 20 heavy (non-hydrogen) atoms. The SMILES string of the molecule is CCOc1ncc(/C=C/C(=O)NCc2ccc[nH]2)cn1. The molecular formula is C14H16N4O2. The number of hydrogen-bond acceptors (Lipinski definition) is 4. The van der Waals surface area contributed by atoms with Crippen LogP contribution >= 0.6 is 0 Å². The largest absolute Gasteiger partial charge is 0.464 e. The Hall–Kier alpha value is -2.63. The minimum absolute atomic E-state index is 0.173. The molecule has 6 nitrogen and oxygen atoms in total. The summed E-state index contributed by atoms with van der Waals surface area (Å²) in [7, 11) is 0. The van der Waals surface area contributed by atoms with E-state index in [0.717, 1.165) is 11.3 Å². The summed E-state index contributed by atoms with van der Waals surface area (Å²) in [6, 6.07) is 4.12. The van der Waals surface area contributed by atoms with E-state index in [2.05, 4.69) is 20.3 Å². The van der Waals surface area contributed by atoms with Crippen LogP contribution in [-0.2, 0) is 11.3 Å². The fourth-order valence-electron chi connectivity index (χ4n) is 1.51. The lowest BCUT2D eigenvalue weighted by atomic mass is 10.3. The molecule has 0 bridgehead atoms. The van der Waals surface area contributed by atoms with Crippen LogP contribution in [0.15, 0.2) is 36.8 Å². The third kappa shape index (κ3) is 4.24. The van der Waals surface area contributed by atoms with Crippen LogP contribution in [0.25, 0.3) is 6.08 Å². The third-order valence-electron chi connectivity index (χ3n) is 2.46. The Labute approximate surface area is 116 Å². The van der Waals surface area contributed by atoms with Gasteiger partial charge in [0.1, 0.15) is 0 Å². The average Bonchev–Trinajstić information content (AvgIpc) is 2.98. The first-order chi connectivity index (χ1) is 9.78. The number of carbonyl (C=O) groups is 1. The quantitative estimate of drug-likeness (QED) is 0.782. The highest BCUT2D eigenvalue weighted by Crippen LogP contribution is 2.04. The molecule has 0 radical (unpaired) electrons. The van der Waals surface area contributed by atoms with Crippen LogP contribution in [0.5, 0.6) is 6.01 Å². The number of ether oxygens (including phenoxy) is 1. The van der Waals surface area contributed by atoms with Gasteiger partial charge in [-0.2, -0.15) is 0 Å². The molecule has 2 rings (SSSR count). The molecule has 2 aromatic heterocycles. The van der Waals surface area contributed by atoms with E-state index in [9.17, 15) is 4.79 Å². The Morgan fingerprint density at radius 3 is 2.90 bits per heavy atom. The predicted octanol–water partition coefficient (Wildman–Crippen LogP) is 1.53. The fraction of sp³-hybridized carbons (Fsp3) is 0.214. The summed E-state index contributed by atoms with van der Waals surface area (Å²) in [5.74, 6) is -0.173. The molecule has 0 spiro atoms. The molecule has 0 atom stereocenters. The lowest BCUT2D eigenvalue weighted by Crippen LogP contribution is -2.20. The molecule has 0 aliphatic heterocycles. The second-order valence-electron chi connectivity index (χ2n) is 3.98. The molecule has 0 aromatic carbocycles. The van der Waals surface area contributed by atoms with Crippen molar-refractivity contribution in [3.63, 3.8) is 0 Å². The molecular weight excluding hydrogens is 256 g/mol. The van der Waals surface area contributed by atoms with Crippen molar-refractivity contribution >= 4 is 12.0 Å². The van der Waals surface area contributed by atoms with E-state index in [0.29, 0.717) is 19.2 Å². The van der Waals surface area contributed by atoms with Crippen molar-refractivity contribution in [2.24, 2.45) is 0 Å². The summed E-state index contributed by atoms with van der Waals surface area (Å²) in [5.41, 5.74) is 1.69. The lowest BCUT2D eigenvalue weighted by molar-refractivity contribution is -0.116. The zero-order valence-corrected chi connectivity index (χ0v) is 11.2. The van der Waals surface area contributed by atoms with Gasteiger partial charge in [0.25, 0.3) is 0 Å². The maximum absolute atomic E-state index is 11.6. The first kappa shape index (κ1) is 13.8. The highest BCUT2D eigenvalue weighted by atomic mass is 16.5. The van der Waals surface area contributed by atoms with E-state index < -0.39 is 0 Å². The first-order valence-corrected chi connectivity index (χ1v) is 6.31. The predicted molar refractivity (Wildman–Crippen MR) is 74.9 cm³/mol. The van der Waals surface area contributed by atoms with Crippen molar-refractivity contribution in [3.8, 4) is 6.01 Å². The molecule has 2 heterocycles. The van der Waals surface area contributed by atoms with Crippen LogP contribution in [0.3, 0.4) is 0 Å². The Balaban J connectivity index is 1.83. The van der Waals surface area contributed by atoms with E-state index in [4.69, 9.17) is 4.74 Å². The maximum Gasteiger partial charge on any atom is 0.316 e. The molecule has 0 saturated carbocycles. The van der Waals surface area contributed by atoms with Crippen molar-refractivity contribution in [1.82, 2.24) is 20.3 Å². The summed E-state index contributed by atoms with van der Waals surface area (Å²) in [5, 5.41) is 2.76. The van der Waals surface area contributed by atoms with Crippen LogP contribution in [0.1, 0.15) is 18.2 Å². The molecule has 104 valence electrons. The smallest absolute Gasteiger partial charge is 0.316 e. The molecule has 2 N–H and O–H groups in total. The molecule has 1 amide bonds. The Kier molecular flexibility index (Phi) is 4.88. The topological polar surface area (TPSA) is 79.9 Å². The number of rotatable bonds is 6. The Morgan fingerprint density at radius 1 is 1.45 bits per heavy atom. The van der Waals surface area contributed by atoms with E-state index in [1.807, 2.05) is 25.3 Å². The highest BCUT2D eigenvalue weighted by molar-refractivity contribution is 5.91. The Morgan fingerprint density at radius 2 is 2.25 bits per heavy atom. The monoisotopic (exact) mass is 272 g/mol. The van der Waals surface area contributed by atoms with Crippen molar-refractivity contribution in [2.75, 3.05) is 6.61 Å². The standard InChI is InChI=1S/C14H16N4O2/c1-2-20-14-17-8-11(9-18-14)5-6-13(19)16-10-12-4-3-7-15-12/h3-9,15H,2,10H2,1H3,(H,16,19)/b6-5+. The number of carbonyl (C=O) groups excluding carboxylic acids is 1. The van der Waals surface area contributed by atoms with Gasteiger partial charge in [-0.1, -0.05) is 0 Å². The number of amides is 1. The van der Waals surface area contributed by atoms with Crippen LogP contribution in [0, 0.1) is 0 Å². The molecule has 0 fully saturated rings. The van der Waals surface area contributed by atoms with Crippen molar-refractivity contribution in [3.05, 3.63) is 48.1 Å². The van der Waals surface area contributed by atoms with E-state index >= 15 is 0 Å². The second kappa shape index (κ2) is 7.08. The number of hydrogen-bond donors (Lipinski definition) is 2. The molecule has 0 aliphatic rings. The van der Waals surface area contributed by atoms with Gasteiger partial charge in [-0.3, -0.25) is 4.79 Å². The normalized spacial score (nSPS) is 10.7. The van der Waals surface area contributed by atoms with E-state index in [1.54, 1.807) is 18.5 Å². The van der Waals surface area contributed by atoms with Crippen LogP contribution < -0.4 is 10.1 Å². The van der Waals surface area contributed by atoms with Crippen molar-refractivity contribution < 1.29 is 9.53 Å². The summed E-state index contributed by atoms with van der Waals surface area (Å²) in [4.78, 5) is 22.6. The van der Waals surface area contributed by atoms with Crippen molar-refractivity contribution in [1.29, 1.82) is 0 Å². The van der Waals surface area contributed by atoms with Crippen molar-refractivity contribution in [2.45, 2.75) is 13.5 Å². The number of nitrogens with zero attached hydrogens (tertiary/aromatic N) is 2. The van der Waals surface area contributed by atoms with Gasteiger partial charge in [0, 0.05) is 35.9 Å². The van der Waals surface area contributed by atoms with Gasteiger partial charge < -0.3 is 15.0 Å². The minimum Gasteiger partial charge on any atom is -0.464 e. The third-order valence-corrected chi connectivity index (χ3v) is 2.46. The average molecular weight is 272 g/mol. The van der Waals surface area contributed by atoms with Crippen LogP contribution in [0.2, 0.25) is 0 Å². The zero-order valence-electron chi connectivity index (χ0n) is 11.2. The molecule has 2 aromatic rings. The fourth-order valence-corrected chi connectivity index (χ4v) is 1.51. The van der Waals surface area contributed by atoms with E-state index in [1.165, 1.54) is 6.08 Å². The number of H-pyrrole nitrogens is 1. The van der Waals surface area contributed by atoms with Gasteiger partial charge in [0.2, 0.25) is 5.91 Å². The Bertz CT molecular complexity index is 561. The highest BCUT2D eigenvalue weighted by Gasteiger charge is 1.98. The first-order valence-electron chi connectivity index (χ1n) is 6.31. The molecule has 0 saturated heterocycles. The minimum atomic E-state index is -0.173. The summed E-state index contributed by atoms with van der Waals surface area (Å²) in [6.45, 7) is 2.86. The van der Waals surface area contributed by atoms with Gasteiger partial charge in [0.05, 0.1) is 13.2 Å². The van der Waals surface area contributed by atoms with Crippen LogP contribution in [0.4, 0.5) is 0 Å². The van der Waals surface area contributed by atoms with Crippen LogP contribution in [-0.4, -0.2) is 27.5 Å². The molecule has 6 heteroatoms. The number of aromatic nitrogens is 3. The van der Waals surface area contributed by atoms with E-state index in [-0.39, 0.29) is 5.91 Å². The number of aromatic amines is 1. The zero-order chi connectivity index (χ0) is 14.2. The van der Waals surface area contributed by atoms with Gasteiger partial charge in [0.15, 0.2) is 0 Å². The molecule has 0 aliphatic carbocycles. The summed E-state index contributed by atoms with van der Waals surface area (Å²) in [6.07, 6.45) is 8.12. The van der Waals surface area contributed by atoms with Gasteiger partial charge in [-0.15, -0.1) is 0 Å².